The van der Waals surface area contributed by atoms with Crippen LogP contribution >= 0.6 is 0 Å². The molecule has 23 heavy (non-hydrogen) atoms. The molecule has 0 radical (unpaired) electrons. The van der Waals surface area contributed by atoms with Crippen molar-refractivity contribution < 1.29 is 14.3 Å². The zero-order valence-corrected chi connectivity index (χ0v) is 13.1. The summed E-state index contributed by atoms with van der Waals surface area (Å²) in [6, 6.07) is 15.2. The van der Waals surface area contributed by atoms with Crippen LogP contribution in [0.1, 0.15) is 28.8 Å². The monoisotopic (exact) mass is 309 g/mol. The summed E-state index contributed by atoms with van der Waals surface area (Å²) in [7, 11) is 0. The first-order valence-corrected chi connectivity index (χ1v) is 7.81. The van der Waals surface area contributed by atoms with Gasteiger partial charge in [0.1, 0.15) is 5.75 Å². The summed E-state index contributed by atoms with van der Waals surface area (Å²) >= 11 is 0. The molecule has 4 nitrogen and oxygen atoms in total. The second kappa shape index (κ2) is 6.65. The third kappa shape index (κ3) is 3.26. The molecule has 0 spiro atoms. The van der Waals surface area contributed by atoms with Crippen LogP contribution in [0.5, 0.6) is 5.75 Å². The number of carbonyl (C=O) groups excluding carboxylic acids is 2. The number of rotatable bonds is 6. The van der Waals surface area contributed by atoms with Gasteiger partial charge in [0, 0.05) is 6.54 Å². The normalized spacial score (nSPS) is 13.3. The maximum Gasteiger partial charge on any atom is 0.299 e. The molecule has 1 aliphatic rings. The van der Waals surface area contributed by atoms with Crippen LogP contribution in [-0.2, 0) is 4.79 Å². The summed E-state index contributed by atoms with van der Waals surface area (Å²) in [5.74, 6) is 0.0274. The molecule has 1 amide bonds. The number of hydrogen-bond donors (Lipinski definition) is 0. The van der Waals surface area contributed by atoms with Crippen molar-refractivity contribution in [1.82, 2.24) is 0 Å². The van der Waals surface area contributed by atoms with Crippen LogP contribution < -0.4 is 9.64 Å². The minimum Gasteiger partial charge on any atom is -0.494 e. The van der Waals surface area contributed by atoms with Gasteiger partial charge in [0.05, 0.1) is 17.9 Å². The SMILES string of the molecule is Cc1ccc2c(c1)C(=O)C(=O)N2CCCCOc1ccccc1. The van der Waals surface area contributed by atoms with Crippen LogP contribution in [0.4, 0.5) is 5.69 Å². The smallest absolute Gasteiger partial charge is 0.299 e. The maximum atomic E-state index is 12.1. The van der Waals surface area contributed by atoms with Gasteiger partial charge in [0.15, 0.2) is 0 Å². The molecule has 0 bridgehead atoms. The zero-order valence-electron chi connectivity index (χ0n) is 13.1. The third-order valence-electron chi connectivity index (χ3n) is 3.91. The number of carbonyl (C=O) groups is 2. The Hall–Kier alpha value is -2.62. The van der Waals surface area contributed by atoms with Crippen LogP contribution in [0.2, 0.25) is 0 Å². The lowest BCUT2D eigenvalue weighted by Crippen LogP contribution is -2.30. The first-order chi connectivity index (χ1) is 11.2. The number of unbranched alkanes of at least 4 members (excludes halogenated alkanes) is 1. The number of anilines is 1. The average Bonchev–Trinajstić information content (AvgIpc) is 2.80. The van der Waals surface area contributed by atoms with Crippen LogP contribution in [0.25, 0.3) is 0 Å². The summed E-state index contributed by atoms with van der Waals surface area (Å²) in [6.45, 7) is 3.06. The van der Waals surface area contributed by atoms with E-state index in [0.29, 0.717) is 18.7 Å². The fraction of sp³-hybridized carbons (Fsp3) is 0.263. The molecule has 0 fully saturated rings. The van der Waals surface area contributed by atoms with E-state index in [9.17, 15) is 9.59 Å². The van der Waals surface area contributed by atoms with Crippen molar-refractivity contribution in [3.63, 3.8) is 0 Å². The van der Waals surface area contributed by atoms with Crippen molar-refractivity contribution in [2.45, 2.75) is 19.8 Å². The zero-order chi connectivity index (χ0) is 16.2. The summed E-state index contributed by atoms with van der Waals surface area (Å²) in [5, 5.41) is 0. The Labute approximate surface area is 135 Å². The van der Waals surface area contributed by atoms with E-state index in [0.717, 1.165) is 29.8 Å². The number of Topliss-reactive ketones (excluding diaryl/α,β-unsaturated/α-hetero) is 1. The van der Waals surface area contributed by atoms with Gasteiger partial charge in [-0.3, -0.25) is 9.59 Å². The summed E-state index contributed by atoms with van der Waals surface area (Å²) in [4.78, 5) is 25.7. The van der Waals surface area contributed by atoms with Crippen molar-refractivity contribution in [1.29, 1.82) is 0 Å². The number of ketones is 1. The molecule has 0 unspecified atom stereocenters. The molecule has 3 rings (SSSR count). The van der Waals surface area contributed by atoms with E-state index in [4.69, 9.17) is 4.74 Å². The number of hydrogen-bond acceptors (Lipinski definition) is 3. The van der Waals surface area contributed by atoms with Crippen LogP contribution in [0.3, 0.4) is 0 Å². The minimum atomic E-state index is -0.422. The largest absolute Gasteiger partial charge is 0.494 e. The molecule has 1 heterocycles. The third-order valence-corrected chi connectivity index (χ3v) is 3.91. The second-order valence-corrected chi connectivity index (χ2v) is 5.68. The topological polar surface area (TPSA) is 46.6 Å². The molecule has 1 aliphatic heterocycles. The molecular weight excluding hydrogens is 290 g/mol. The van der Waals surface area contributed by atoms with Gasteiger partial charge in [0.2, 0.25) is 0 Å². The van der Waals surface area contributed by atoms with Crippen LogP contribution in [-0.4, -0.2) is 24.8 Å². The number of amides is 1. The van der Waals surface area contributed by atoms with Crippen molar-refractivity contribution >= 4 is 17.4 Å². The summed E-state index contributed by atoms with van der Waals surface area (Å²) < 4.78 is 5.63. The number of aryl methyl sites for hydroxylation is 1. The van der Waals surface area contributed by atoms with Gasteiger partial charge in [-0.1, -0.05) is 29.8 Å². The highest BCUT2D eigenvalue weighted by Crippen LogP contribution is 2.29. The van der Waals surface area contributed by atoms with E-state index >= 15 is 0 Å². The van der Waals surface area contributed by atoms with Crippen molar-refractivity contribution in [2.24, 2.45) is 0 Å². The van der Waals surface area contributed by atoms with Gasteiger partial charge in [0.25, 0.3) is 11.7 Å². The molecule has 0 atom stereocenters. The first-order valence-electron chi connectivity index (χ1n) is 7.81. The molecule has 4 heteroatoms. The van der Waals surface area contributed by atoms with E-state index in [2.05, 4.69) is 0 Å². The lowest BCUT2D eigenvalue weighted by Gasteiger charge is -2.16. The fourth-order valence-corrected chi connectivity index (χ4v) is 2.72. The quantitative estimate of drug-likeness (QED) is 0.607. The van der Waals surface area contributed by atoms with Crippen LogP contribution in [0, 0.1) is 6.92 Å². The Kier molecular flexibility index (Phi) is 4.42. The highest BCUT2D eigenvalue weighted by atomic mass is 16.5. The number of benzene rings is 2. The number of nitrogens with zero attached hydrogens (tertiary/aromatic N) is 1. The molecule has 0 aromatic heterocycles. The molecule has 0 saturated carbocycles. The predicted octanol–water partition coefficient (Wildman–Crippen LogP) is 3.38. The van der Waals surface area contributed by atoms with Gasteiger partial charge in [-0.15, -0.1) is 0 Å². The van der Waals surface area contributed by atoms with E-state index in [1.807, 2.05) is 49.4 Å². The first kappa shape index (κ1) is 15.3. The Morgan fingerprint density at radius 3 is 2.57 bits per heavy atom. The van der Waals surface area contributed by atoms with Gasteiger partial charge in [-0.05, 0) is 44.0 Å². The maximum absolute atomic E-state index is 12.1. The Bertz CT molecular complexity index is 725. The number of fused-ring (bicyclic) bond motifs is 1. The lowest BCUT2D eigenvalue weighted by molar-refractivity contribution is -0.114. The highest BCUT2D eigenvalue weighted by Gasteiger charge is 2.35. The van der Waals surface area contributed by atoms with E-state index in [-0.39, 0.29) is 0 Å². The predicted molar refractivity (Wildman–Crippen MR) is 89.0 cm³/mol. The van der Waals surface area contributed by atoms with Crippen LogP contribution in [0.15, 0.2) is 48.5 Å². The molecule has 118 valence electrons. The molecule has 0 N–H and O–H groups in total. The van der Waals surface area contributed by atoms with Crippen molar-refractivity contribution in [3.05, 3.63) is 59.7 Å². The number of ether oxygens (including phenoxy) is 1. The summed E-state index contributed by atoms with van der Waals surface area (Å²) in [6.07, 6.45) is 1.62. The highest BCUT2D eigenvalue weighted by molar-refractivity contribution is 6.52. The van der Waals surface area contributed by atoms with E-state index in [1.165, 1.54) is 0 Å². The molecule has 0 aliphatic carbocycles. The Balaban J connectivity index is 1.53. The van der Waals surface area contributed by atoms with Gasteiger partial charge in [-0.2, -0.15) is 0 Å². The standard InChI is InChI=1S/C19H19NO3/c1-14-9-10-17-16(13-14)18(21)19(22)20(17)11-5-6-12-23-15-7-3-2-4-8-15/h2-4,7-10,13H,5-6,11-12H2,1H3. The van der Waals surface area contributed by atoms with Crippen molar-refractivity contribution in [2.75, 3.05) is 18.1 Å². The molecule has 2 aromatic carbocycles. The average molecular weight is 309 g/mol. The van der Waals surface area contributed by atoms with E-state index in [1.54, 1.807) is 11.0 Å². The van der Waals surface area contributed by atoms with Gasteiger partial charge < -0.3 is 9.64 Å². The number of para-hydroxylation sites is 1. The minimum absolute atomic E-state index is 0.399. The fourth-order valence-electron chi connectivity index (χ4n) is 2.72. The molecule has 2 aromatic rings. The van der Waals surface area contributed by atoms with Gasteiger partial charge >= 0.3 is 0 Å². The molecule has 0 saturated heterocycles. The summed E-state index contributed by atoms with van der Waals surface area (Å²) in [5.41, 5.74) is 2.24. The van der Waals surface area contributed by atoms with Gasteiger partial charge in [-0.25, -0.2) is 0 Å². The second-order valence-electron chi connectivity index (χ2n) is 5.68. The molecular formula is C19H19NO3. The lowest BCUT2D eigenvalue weighted by atomic mass is 10.1. The van der Waals surface area contributed by atoms with E-state index < -0.39 is 11.7 Å². The van der Waals surface area contributed by atoms with Crippen molar-refractivity contribution in [3.8, 4) is 5.75 Å². The Morgan fingerprint density at radius 2 is 1.78 bits per heavy atom. The Morgan fingerprint density at radius 1 is 1.00 bits per heavy atom.